The maximum atomic E-state index is 3.89. The minimum Gasteiger partial charge on any atom is -0.308 e. The van der Waals surface area contributed by atoms with Gasteiger partial charge in [-0.2, -0.15) is 0 Å². The van der Waals surface area contributed by atoms with Crippen LogP contribution in [0.5, 0.6) is 0 Å². The summed E-state index contributed by atoms with van der Waals surface area (Å²) >= 11 is 0. The molecule has 1 heterocycles. The van der Waals surface area contributed by atoms with Gasteiger partial charge in [0, 0.05) is 30.2 Å². The van der Waals surface area contributed by atoms with E-state index in [-0.39, 0.29) is 5.54 Å². The third kappa shape index (κ3) is 4.69. The van der Waals surface area contributed by atoms with Gasteiger partial charge in [0.1, 0.15) is 0 Å². The minimum absolute atomic E-state index is 0.255. The third-order valence-electron chi connectivity index (χ3n) is 5.42. The van der Waals surface area contributed by atoms with Crippen molar-refractivity contribution < 1.29 is 0 Å². The van der Waals surface area contributed by atoms with Crippen molar-refractivity contribution >= 4 is 0 Å². The molecule has 126 valence electrons. The van der Waals surface area contributed by atoms with E-state index in [1.807, 2.05) is 0 Å². The van der Waals surface area contributed by atoms with E-state index in [4.69, 9.17) is 0 Å². The van der Waals surface area contributed by atoms with Gasteiger partial charge in [0.2, 0.25) is 0 Å². The van der Waals surface area contributed by atoms with Crippen LogP contribution in [0.1, 0.15) is 81.6 Å². The molecule has 0 bridgehead atoms. The molecule has 0 saturated carbocycles. The predicted octanol–water partition coefficient (Wildman–Crippen LogP) is 4.69. The van der Waals surface area contributed by atoms with Gasteiger partial charge in [-0.1, -0.05) is 48.5 Å². The summed E-state index contributed by atoms with van der Waals surface area (Å²) in [4.78, 5) is 2.83. The van der Waals surface area contributed by atoms with Crippen LogP contribution in [0.25, 0.3) is 0 Å². The third-order valence-corrected chi connectivity index (χ3v) is 5.42. The largest absolute Gasteiger partial charge is 0.308 e. The summed E-state index contributed by atoms with van der Waals surface area (Å²) in [6.07, 6.45) is 3.68. The average Bonchev–Trinajstić information content (AvgIpc) is 2.35. The van der Waals surface area contributed by atoms with Crippen LogP contribution in [-0.4, -0.2) is 35.1 Å². The number of nitrogens with one attached hydrogen (secondary N) is 1. The Kier molecular flexibility index (Phi) is 5.94. The molecule has 1 unspecified atom stereocenters. The van der Waals surface area contributed by atoms with Crippen LogP contribution >= 0.6 is 0 Å². The SMILES string of the molecule is CCC1(CC)CN(C(C)(C)CC(C)(C)C)C(C(C)C)CN1. The average molecular weight is 297 g/mol. The van der Waals surface area contributed by atoms with E-state index < -0.39 is 0 Å². The first-order chi connectivity index (χ1) is 9.46. The fraction of sp³-hybridized carbons (Fsp3) is 1.00. The predicted molar refractivity (Wildman–Crippen MR) is 94.8 cm³/mol. The van der Waals surface area contributed by atoms with Crippen LogP contribution in [0.2, 0.25) is 0 Å². The van der Waals surface area contributed by atoms with Gasteiger partial charge in [0.05, 0.1) is 0 Å². The lowest BCUT2D eigenvalue weighted by atomic mass is 9.77. The smallest absolute Gasteiger partial charge is 0.0304 e. The fourth-order valence-corrected chi connectivity index (χ4v) is 4.31. The summed E-state index contributed by atoms with van der Waals surface area (Å²) in [5.41, 5.74) is 0.933. The number of hydrogen-bond donors (Lipinski definition) is 1. The van der Waals surface area contributed by atoms with Gasteiger partial charge >= 0.3 is 0 Å². The second-order valence-electron chi connectivity index (χ2n) is 9.36. The van der Waals surface area contributed by atoms with Crippen LogP contribution in [0.3, 0.4) is 0 Å². The van der Waals surface area contributed by atoms with Crippen molar-refractivity contribution in [3.05, 3.63) is 0 Å². The molecule has 1 fully saturated rings. The van der Waals surface area contributed by atoms with Crippen molar-refractivity contribution in [2.75, 3.05) is 13.1 Å². The molecule has 1 aliphatic heterocycles. The zero-order chi connectivity index (χ0) is 16.5. The van der Waals surface area contributed by atoms with Crippen LogP contribution in [-0.2, 0) is 0 Å². The molecule has 0 amide bonds. The Morgan fingerprint density at radius 1 is 1.10 bits per heavy atom. The van der Waals surface area contributed by atoms with Gasteiger partial charge in [-0.25, -0.2) is 0 Å². The van der Waals surface area contributed by atoms with E-state index >= 15 is 0 Å². The van der Waals surface area contributed by atoms with E-state index in [2.05, 4.69) is 72.5 Å². The molecule has 1 aliphatic rings. The molecular formula is C19H40N2. The highest BCUT2D eigenvalue weighted by Crippen LogP contribution is 2.37. The Balaban J connectivity index is 3.04. The van der Waals surface area contributed by atoms with Gasteiger partial charge < -0.3 is 5.32 Å². The zero-order valence-corrected chi connectivity index (χ0v) is 16.1. The second-order valence-corrected chi connectivity index (χ2v) is 9.36. The molecule has 0 radical (unpaired) electrons. The van der Waals surface area contributed by atoms with E-state index in [1.165, 1.54) is 25.8 Å². The van der Waals surface area contributed by atoms with Gasteiger partial charge in [0.15, 0.2) is 0 Å². The monoisotopic (exact) mass is 296 g/mol. The molecule has 1 atom stereocenters. The maximum absolute atomic E-state index is 3.89. The molecule has 21 heavy (non-hydrogen) atoms. The topological polar surface area (TPSA) is 15.3 Å². The van der Waals surface area contributed by atoms with Gasteiger partial charge in [-0.05, 0) is 44.4 Å². The second kappa shape index (κ2) is 6.58. The first-order valence-corrected chi connectivity index (χ1v) is 8.98. The molecule has 0 aromatic rings. The van der Waals surface area contributed by atoms with Gasteiger partial charge in [0.25, 0.3) is 0 Å². The summed E-state index contributed by atoms with van der Waals surface area (Å²) in [6, 6.07) is 0.647. The van der Waals surface area contributed by atoms with Crippen LogP contribution < -0.4 is 5.32 Å². The molecule has 0 aliphatic carbocycles. The van der Waals surface area contributed by atoms with E-state index in [0.29, 0.717) is 22.9 Å². The van der Waals surface area contributed by atoms with Crippen LogP contribution in [0.15, 0.2) is 0 Å². The van der Waals surface area contributed by atoms with E-state index in [9.17, 15) is 0 Å². The summed E-state index contributed by atoms with van der Waals surface area (Å²) < 4.78 is 0. The molecule has 0 aromatic carbocycles. The number of nitrogens with zero attached hydrogens (tertiary/aromatic N) is 1. The van der Waals surface area contributed by atoms with E-state index in [1.54, 1.807) is 0 Å². The van der Waals surface area contributed by atoms with Gasteiger partial charge in [-0.3, -0.25) is 4.90 Å². The van der Waals surface area contributed by atoms with Gasteiger partial charge in [-0.15, -0.1) is 0 Å². The summed E-state index contributed by atoms with van der Waals surface area (Å²) in [6.45, 7) is 23.7. The fourth-order valence-electron chi connectivity index (χ4n) is 4.31. The highest BCUT2D eigenvalue weighted by atomic mass is 15.3. The maximum Gasteiger partial charge on any atom is 0.0304 e. The highest BCUT2D eigenvalue weighted by molar-refractivity contribution is 5.02. The van der Waals surface area contributed by atoms with Crippen molar-refractivity contribution in [2.45, 2.75) is 98.7 Å². The summed E-state index contributed by atoms with van der Waals surface area (Å²) in [5.74, 6) is 0.698. The molecular weight excluding hydrogens is 256 g/mol. The van der Waals surface area contributed by atoms with Crippen LogP contribution in [0, 0.1) is 11.3 Å². The van der Waals surface area contributed by atoms with E-state index in [0.717, 1.165) is 6.54 Å². The Morgan fingerprint density at radius 3 is 2.00 bits per heavy atom. The van der Waals surface area contributed by atoms with Crippen LogP contribution in [0.4, 0.5) is 0 Å². The molecule has 1 saturated heterocycles. The Hall–Kier alpha value is -0.0800. The lowest BCUT2D eigenvalue weighted by Crippen LogP contribution is -2.69. The molecule has 1 rings (SSSR count). The molecule has 1 N–H and O–H groups in total. The standard InChI is InChI=1S/C19H40N2/c1-10-19(11-2)14-21(16(12-20-19)15(3)4)18(8,9)13-17(5,6)7/h15-16,20H,10-14H2,1-9H3. The van der Waals surface area contributed by atoms with Crippen molar-refractivity contribution in [2.24, 2.45) is 11.3 Å². The number of rotatable bonds is 5. The highest BCUT2D eigenvalue weighted by Gasteiger charge is 2.44. The van der Waals surface area contributed by atoms with Crippen molar-refractivity contribution in [3.8, 4) is 0 Å². The van der Waals surface area contributed by atoms with Crippen molar-refractivity contribution in [3.63, 3.8) is 0 Å². The summed E-state index contributed by atoms with van der Waals surface area (Å²) in [5, 5.41) is 3.89. The molecule has 2 nitrogen and oxygen atoms in total. The normalized spacial score (nSPS) is 24.6. The lowest BCUT2D eigenvalue weighted by molar-refractivity contribution is -0.0363. The quantitative estimate of drug-likeness (QED) is 0.792. The Morgan fingerprint density at radius 2 is 1.62 bits per heavy atom. The van der Waals surface area contributed by atoms with Crippen molar-refractivity contribution in [1.82, 2.24) is 10.2 Å². The first-order valence-electron chi connectivity index (χ1n) is 8.98. The zero-order valence-electron chi connectivity index (χ0n) is 16.1. The minimum atomic E-state index is 0.255. The summed E-state index contributed by atoms with van der Waals surface area (Å²) in [7, 11) is 0. The Labute approximate surface area is 134 Å². The van der Waals surface area contributed by atoms with Crippen molar-refractivity contribution in [1.29, 1.82) is 0 Å². The lowest BCUT2D eigenvalue weighted by Gasteiger charge is -2.56. The molecule has 2 heteroatoms. The molecule has 0 aromatic heterocycles. The first kappa shape index (κ1) is 19.0. The number of hydrogen-bond acceptors (Lipinski definition) is 2. The number of piperazine rings is 1. The molecule has 0 spiro atoms. The Bertz CT molecular complexity index is 321.